The Morgan fingerprint density at radius 1 is 1.12 bits per heavy atom. The number of halogens is 3. The number of benzene rings is 2. The van der Waals surface area contributed by atoms with Crippen molar-refractivity contribution in [1.82, 2.24) is 9.97 Å². The quantitative estimate of drug-likeness (QED) is 0.540. The van der Waals surface area contributed by atoms with E-state index in [0.717, 1.165) is 4.90 Å². The SMILES string of the molecule is C#CCN(c1cnc2ccccc2n1)c1cc(F)c(C#N)c(F)c1F. The Balaban J connectivity index is 2.19. The van der Waals surface area contributed by atoms with Gasteiger partial charge in [0.1, 0.15) is 17.4 Å². The largest absolute Gasteiger partial charge is 0.311 e. The van der Waals surface area contributed by atoms with Crippen molar-refractivity contribution in [3.63, 3.8) is 0 Å². The summed E-state index contributed by atoms with van der Waals surface area (Å²) in [5, 5.41) is 8.73. The normalized spacial score (nSPS) is 10.3. The summed E-state index contributed by atoms with van der Waals surface area (Å²) >= 11 is 0. The molecule has 0 fully saturated rings. The van der Waals surface area contributed by atoms with E-state index in [2.05, 4.69) is 15.9 Å². The molecular weight excluding hydrogens is 329 g/mol. The van der Waals surface area contributed by atoms with Gasteiger partial charge in [-0.25, -0.2) is 18.2 Å². The molecule has 4 nitrogen and oxygen atoms in total. The van der Waals surface area contributed by atoms with Crippen molar-refractivity contribution < 1.29 is 13.2 Å². The van der Waals surface area contributed by atoms with E-state index in [1.54, 1.807) is 24.3 Å². The van der Waals surface area contributed by atoms with Crippen LogP contribution in [0.3, 0.4) is 0 Å². The molecule has 0 atom stereocenters. The Labute approximate surface area is 141 Å². The first-order valence-electron chi connectivity index (χ1n) is 7.07. The molecule has 0 spiro atoms. The number of aromatic nitrogens is 2. The monoisotopic (exact) mass is 338 g/mol. The van der Waals surface area contributed by atoms with Crippen LogP contribution in [0.5, 0.6) is 0 Å². The topological polar surface area (TPSA) is 52.8 Å². The molecule has 3 aromatic rings. The van der Waals surface area contributed by atoms with E-state index >= 15 is 0 Å². The first kappa shape index (κ1) is 16.3. The van der Waals surface area contributed by atoms with Gasteiger partial charge in [0, 0.05) is 6.07 Å². The molecule has 3 rings (SSSR count). The van der Waals surface area contributed by atoms with Gasteiger partial charge in [-0.2, -0.15) is 5.26 Å². The van der Waals surface area contributed by atoms with E-state index in [0.29, 0.717) is 17.1 Å². The van der Waals surface area contributed by atoms with E-state index in [9.17, 15) is 13.2 Å². The second-order valence-electron chi connectivity index (χ2n) is 5.00. The molecule has 25 heavy (non-hydrogen) atoms. The number of terminal acetylenes is 1. The fourth-order valence-corrected chi connectivity index (χ4v) is 2.34. The van der Waals surface area contributed by atoms with Crippen LogP contribution in [-0.4, -0.2) is 16.5 Å². The lowest BCUT2D eigenvalue weighted by Crippen LogP contribution is -2.21. The Bertz CT molecular complexity index is 1050. The lowest BCUT2D eigenvalue weighted by molar-refractivity contribution is 0.492. The third-order valence-electron chi connectivity index (χ3n) is 3.50. The molecule has 0 amide bonds. The van der Waals surface area contributed by atoms with Gasteiger partial charge in [-0.3, -0.25) is 4.98 Å². The highest BCUT2D eigenvalue weighted by molar-refractivity contribution is 5.76. The molecule has 0 aliphatic heterocycles. The molecule has 7 heteroatoms. The number of anilines is 2. The standard InChI is InChI=1S/C18H9F3N4/c1-2-7-25(15-8-12(19)11(9-22)17(20)18(15)21)16-10-23-13-5-3-4-6-14(13)24-16/h1,3-6,8,10H,7H2. The van der Waals surface area contributed by atoms with Gasteiger partial charge in [0.05, 0.1) is 29.5 Å². The minimum atomic E-state index is -1.58. The predicted octanol–water partition coefficient (Wildman–Crippen LogP) is 3.69. The Morgan fingerprint density at radius 3 is 2.52 bits per heavy atom. The van der Waals surface area contributed by atoms with Crippen LogP contribution in [0.25, 0.3) is 11.0 Å². The van der Waals surface area contributed by atoms with Crippen LogP contribution in [0.2, 0.25) is 0 Å². The van der Waals surface area contributed by atoms with Crippen molar-refractivity contribution in [2.45, 2.75) is 0 Å². The Hall–Kier alpha value is -3.58. The van der Waals surface area contributed by atoms with Crippen LogP contribution in [0.4, 0.5) is 24.7 Å². The number of para-hydroxylation sites is 2. The molecule has 0 saturated carbocycles. The van der Waals surface area contributed by atoms with Gasteiger partial charge in [-0.1, -0.05) is 18.1 Å². The average Bonchev–Trinajstić information content (AvgIpc) is 2.63. The highest BCUT2D eigenvalue weighted by Gasteiger charge is 2.23. The van der Waals surface area contributed by atoms with Crippen molar-refractivity contribution in [3.05, 3.63) is 59.5 Å². The molecule has 2 aromatic carbocycles. The lowest BCUT2D eigenvalue weighted by Gasteiger charge is -2.22. The van der Waals surface area contributed by atoms with Crippen molar-refractivity contribution in [2.24, 2.45) is 0 Å². The molecule has 0 N–H and O–H groups in total. The van der Waals surface area contributed by atoms with Crippen LogP contribution >= 0.6 is 0 Å². The summed E-state index contributed by atoms with van der Waals surface area (Å²) in [4.78, 5) is 9.60. The molecule has 0 aliphatic rings. The fourth-order valence-electron chi connectivity index (χ4n) is 2.34. The van der Waals surface area contributed by atoms with E-state index in [4.69, 9.17) is 11.7 Å². The van der Waals surface area contributed by atoms with Crippen LogP contribution in [0.1, 0.15) is 5.56 Å². The van der Waals surface area contributed by atoms with Gasteiger partial charge < -0.3 is 4.90 Å². The third kappa shape index (κ3) is 2.84. The van der Waals surface area contributed by atoms with Crippen LogP contribution in [0, 0.1) is 41.1 Å². The van der Waals surface area contributed by atoms with Gasteiger partial charge in [0.25, 0.3) is 0 Å². The summed E-state index contributed by atoms with van der Waals surface area (Å²) in [6.45, 7) is -0.200. The zero-order valence-corrected chi connectivity index (χ0v) is 12.7. The van der Waals surface area contributed by atoms with Gasteiger partial charge in [0.2, 0.25) is 0 Å². The van der Waals surface area contributed by atoms with Gasteiger partial charge in [-0.15, -0.1) is 6.42 Å². The predicted molar refractivity (Wildman–Crippen MR) is 86.4 cm³/mol. The number of hydrogen-bond acceptors (Lipinski definition) is 4. The average molecular weight is 338 g/mol. The number of nitrogens with zero attached hydrogens (tertiary/aromatic N) is 4. The molecule has 0 unspecified atom stereocenters. The number of fused-ring (bicyclic) bond motifs is 1. The summed E-state index contributed by atoms with van der Waals surface area (Å²) in [5.41, 5.74) is -0.343. The van der Waals surface area contributed by atoms with Crippen LogP contribution in [-0.2, 0) is 0 Å². The van der Waals surface area contributed by atoms with Gasteiger partial charge >= 0.3 is 0 Å². The molecule has 122 valence electrons. The number of nitriles is 1. The zero-order valence-electron chi connectivity index (χ0n) is 12.7. The Morgan fingerprint density at radius 2 is 1.84 bits per heavy atom. The summed E-state index contributed by atoms with van der Waals surface area (Å²) < 4.78 is 42.2. The first-order chi connectivity index (χ1) is 12.1. The smallest absolute Gasteiger partial charge is 0.184 e. The number of rotatable bonds is 3. The van der Waals surface area contributed by atoms with Crippen molar-refractivity contribution in [3.8, 4) is 18.4 Å². The van der Waals surface area contributed by atoms with E-state index in [1.165, 1.54) is 12.3 Å². The maximum Gasteiger partial charge on any atom is 0.184 e. The minimum absolute atomic E-state index is 0.124. The van der Waals surface area contributed by atoms with E-state index in [1.807, 2.05) is 0 Å². The molecule has 1 aromatic heterocycles. The maximum absolute atomic E-state index is 14.4. The fraction of sp³-hybridized carbons (Fsp3) is 0.0556. The zero-order chi connectivity index (χ0) is 18.0. The van der Waals surface area contributed by atoms with Crippen molar-refractivity contribution in [1.29, 1.82) is 5.26 Å². The second kappa shape index (κ2) is 6.50. The molecule has 0 saturated heterocycles. The molecular formula is C18H9F3N4. The van der Waals surface area contributed by atoms with Gasteiger partial charge in [0.15, 0.2) is 17.5 Å². The Kier molecular flexibility index (Phi) is 4.23. The first-order valence-corrected chi connectivity index (χ1v) is 7.07. The molecule has 0 aliphatic carbocycles. The second-order valence-corrected chi connectivity index (χ2v) is 5.00. The van der Waals surface area contributed by atoms with E-state index in [-0.39, 0.29) is 12.4 Å². The molecule has 0 bridgehead atoms. The maximum atomic E-state index is 14.4. The summed E-state index contributed by atoms with van der Waals surface area (Å²) in [5.74, 6) is -1.74. The van der Waals surface area contributed by atoms with Crippen molar-refractivity contribution in [2.75, 3.05) is 11.4 Å². The van der Waals surface area contributed by atoms with E-state index < -0.39 is 28.7 Å². The highest BCUT2D eigenvalue weighted by Crippen LogP contribution is 2.31. The molecule has 1 heterocycles. The highest BCUT2D eigenvalue weighted by atomic mass is 19.2. The summed E-state index contributed by atoms with van der Waals surface area (Å²) in [6.07, 6.45) is 6.62. The lowest BCUT2D eigenvalue weighted by atomic mass is 10.1. The summed E-state index contributed by atoms with van der Waals surface area (Å²) in [6, 6.07) is 8.95. The van der Waals surface area contributed by atoms with Crippen molar-refractivity contribution >= 4 is 22.5 Å². The number of hydrogen-bond donors (Lipinski definition) is 0. The summed E-state index contributed by atoms with van der Waals surface area (Å²) in [7, 11) is 0. The molecule has 0 radical (unpaired) electrons. The van der Waals surface area contributed by atoms with Crippen LogP contribution in [0.15, 0.2) is 36.5 Å². The van der Waals surface area contributed by atoms with Crippen LogP contribution < -0.4 is 4.90 Å². The third-order valence-corrected chi connectivity index (χ3v) is 3.50. The van der Waals surface area contributed by atoms with Gasteiger partial charge in [-0.05, 0) is 12.1 Å². The minimum Gasteiger partial charge on any atom is -0.311 e.